The standard InChI is InChI=1S/C17H23Cl2NO3/c1-16(2,3)23-15(22)20-8-6-17(11-20,7-9-21)12-4-5-13(18)14(19)10-12/h4-5,10,21H,6-9,11H2,1-3H3/t17-/m1/s1. The van der Waals surface area contributed by atoms with Crippen LogP contribution in [0.2, 0.25) is 10.0 Å². The van der Waals surface area contributed by atoms with Crippen LogP contribution in [-0.4, -0.2) is 41.4 Å². The van der Waals surface area contributed by atoms with Gasteiger partial charge in [-0.2, -0.15) is 0 Å². The van der Waals surface area contributed by atoms with Crippen molar-refractivity contribution in [2.45, 2.75) is 44.6 Å². The molecule has 0 saturated carbocycles. The third-order valence-electron chi connectivity index (χ3n) is 4.13. The maximum Gasteiger partial charge on any atom is 0.410 e. The fourth-order valence-corrected chi connectivity index (χ4v) is 3.28. The summed E-state index contributed by atoms with van der Waals surface area (Å²) in [4.78, 5) is 14.0. The lowest BCUT2D eigenvalue weighted by molar-refractivity contribution is 0.0281. The highest BCUT2D eigenvalue weighted by atomic mass is 35.5. The number of aliphatic hydroxyl groups excluding tert-OH is 1. The Hall–Kier alpha value is -0.970. The van der Waals surface area contributed by atoms with Crippen molar-refractivity contribution in [3.63, 3.8) is 0 Å². The van der Waals surface area contributed by atoms with Crippen molar-refractivity contribution >= 4 is 29.3 Å². The molecule has 128 valence electrons. The van der Waals surface area contributed by atoms with Crippen molar-refractivity contribution in [3.05, 3.63) is 33.8 Å². The van der Waals surface area contributed by atoms with Gasteiger partial charge in [0.25, 0.3) is 0 Å². The molecule has 0 aromatic heterocycles. The first-order valence-corrected chi connectivity index (χ1v) is 8.47. The minimum atomic E-state index is -0.525. The van der Waals surface area contributed by atoms with E-state index in [0.717, 1.165) is 12.0 Å². The van der Waals surface area contributed by atoms with Crippen molar-refractivity contribution in [2.24, 2.45) is 0 Å². The fraction of sp³-hybridized carbons (Fsp3) is 0.588. The van der Waals surface area contributed by atoms with E-state index in [0.29, 0.717) is 29.6 Å². The summed E-state index contributed by atoms with van der Waals surface area (Å²) in [7, 11) is 0. The van der Waals surface area contributed by atoms with Crippen LogP contribution >= 0.6 is 23.2 Å². The molecule has 1 aliphatic rings. The Balaban J connectivity index is 2.23. The minimum Gasteiger partial charge on any atom is -0.444 e. The van der Waals surface area contributed by atoms with Crippen molar-refractivity contribution in [1.82, 2.24) is 4.90 Å². The van der Waals surface area contributed by atoms with Crippen LogP contribution < -0.4 is 0 Å². The Labute approximate surface area is 147 Å². The second-order valence-electron chi connectivity index (χ2n) is 7.03. The highest BCUT2D eigenvalue weighted by molar-refractivity contribution is 6.42. The summed E-state index contributed by atoms with van der Waals surface area (Å²) in [5, 5.41) is 10.5. The van der Waals surface area contributed by atoms with Gasteiger partial charge in [-0.15, -0.1) is 0 Å². The number of benzene rings is 1. The van der Waals surface area contributed by atoms with Crippen molar-refractivity contribution in [2.75, 3.05) is 19.7 Å². The third kappa shape index (κ3) is 4.31. The van der Waals surface area contributed by atoms with Gasteiger partial charge in [-0.1, -0.05) is 29.3 Å². The summed E-state index contributed by atoms with van der Waals surface area (Å²) < 4.78 is 5.45. The Morgan fingerprint density at radius 2 is 2.04 bits per heavy atom. The summed E-state index contributed by atoms with van der Waals surface area (Å²) in [6.07, 6.45) is 0.993. The number of aliphatic hydroxyl groups is 1. The molecule has 4 nitrogen and oxygen atoms in total. The number of amides is 1. The van der Waals surface area contributed by atoms with Gasteiger partial charge in [0.1, 0.15) is 5.60 Å². The first kappa shape index (κ1) is 18.4. The molecule has 1 N–H and O–H groups in total. The molecule has 23 heavy (non-hydrogen) atoms. The van der Waals surface area contributed by atoms with E-state index < -0.39 is 5.60 Å². The molecule has 1 aromatic rings. The highest BCUT2D eigenvalue weighted by Crippen LogP contribution is 2.40. The lowest BCUT2D eigenvalue weighted by atomic mass is 9.77. The van der Waals surface area contributed by atoms with E-state index in [1.807, 2.05) is 32.9 Å². The summed E-state index contributed by atoms with van der Waals surface area (Å²) in [5.41, 5.74) is 0.148. The zero-order valence-electron chi connectivity index (χ0n) is 13.7. The average Bonchev–Trinajstić information content (AvgIpc) is 2.86. The summed E-state index contributed by atoms with van der Waals surface area (Å²) in [5.74, 6) is 0. The molecule has 0 spiro atoms. The van der Waals surface area contributed by atoms with Crippen LogP contribution in [0.5, 0.6) is 0 Å². The normalized spacial score (nSPS) is 21.6. The first-order chi connectivity index (χ1) is 10.7. The van der Waals surface area contributed by atoms with E-state index in [2.05, 4.69) is 0 Å². The van der Waals surface area contributed by atoms with E-state index in [1.54, 1.807) is 11.0 Å². The molecular weight excluding hydrogens is 337 g/mol. The Morgan fingerprint density at radius 1 is 1.35 bits per heavy atom. The lowest BCUT2D eigenvalue weighted by Crippen LogP contribution is -2.38. The van der Waals surface area contributed by atoms with Crippen LogP contribution in [0.25, 0.3) is 0 Å². The number of halogens is 2. The van der Waals surface area contributed by atoms with Gasteiger partial charge in [-0.25, -0.2) is 4.79 Å². The van der Waals surface area contributed by atoms with Gasteiger partial charge in [0.15, 0.2) is 0 Å². The van der Waals surface area contributed by atoms with Crippen LogP contribution in [-0.2, 0) is 10.2 Å². The largest absolute Gasteiger partial charge is 0.444 e. The van der Waals surface area contributed by atoms with Crippen molar-refractivity contribution in [3.8, 4) is 0 Å². The molecule has 0 radical (unpaired) electrons. The second-order valence-corrected chi connectivity index (χ2v) is 7.85. The van der Waals surface area contributed by atoms with Gasteiger partial charge in [-0.05, 0) is 51.3 Å². The number of carbonyl (C=O) groups excluding carboxylic acids is 1. The molecule has 1 amide bonds. The number of likely N-dealkylation sites (tertiary alicyclic amines) is 1. The zero-order valence-corrected chi connectivity index (χ0v) is 15.2. The summed E-state index contributed by atoms with van der Waals surface area (Å²) in [6, 6.07) is 5.51. The average molecular weight is 360 g/mol. The van der Waals surface area contributed by atoms with Crippen LogP contribution in [0.3, 0.4) is 0 Å². The van der Waals surface area contributed by atoms with Gasteiger partial charge >= 0.3 is 6.09 Å². The van der Waals surface area contributed by atoms with E-state index in [9.17, 15) is 9.90 Å². The second kappa shape index (κ2) is 6.88. The predicted molar refractivity (Wildman–Crippen MR) is 92.3 cm³/mol. The van der Waals surface area contributed by atoms with Gasteiger partial charge in [0.2, 0.25) is 0 Å². The van der Waals surface area contributed by atoms with Gasteiger partial charge in [0, 0.05) is 25.1 Å². The van der Waals surface area contributed by atoms with Crippen molar-refractivity contribution < 1.29 is 14.6 Å². The number of hydrogen-bond donors (Lipinski definition) is 1. The number of ether oxygens (including phenoxy) is 1. The molecule has 6 heteroatoms. The van der Waals surface area contributed by atoms with Crippen LogP contribution in [0.15, 0.2) is 18.2 Å². The summed E-state index contributed by atoms with van der Waals surface area (Å²) >= 11 is 12.1. The first-order valence-electron chi connectivity index (χ1n) is 7.71. The SMILES string of the molecule is CC(C)(C)OC(=O)N1CC[C@](CCO)(c2ccc(Cl)c(Cl)c2)C1. The van der Waals surface area contributed by atoms with E-state index in [4.69, 9.17) is 27.9 Å². The Morgan fingerprint density at radius 3 is 2.61 bits per heavy atom. The zero-order chi connectivity index (χ0) is 17.3. The maximum atomic E-state index is 12.3. The minimum absolute atomic E-state index is 0.0441. The number of hydrogen-bond acceptors (Lipinski definition) is 3. The smallest absolute Gasteiger partial charge is 0.410 e. The third-order valence-corrected chi connectivity index (χ3v) is 4.87. The van der Waals surface area contributed by atoms with Crippen LogP contribution in [0, 0.1) is 0 Å². The van der Waals surface area contributed by atoms with Crippen LogP contribution in [0.4, 0.5) is 4.79 Å². The molecule has 0 bridgehead atoms. The van der Waals surface area contributed by atoms with E-state index in [-0.39, 0.29) is 18.1 Å². The number of carbonyl (C=O) groups is 1. The molecule has 1 fully saturated rings. The number of nitrogens with zero attached hydrogens (tertiary/aromatic N) is 1. The Bertz CT molecular complexity index is 586. The molecule has 1 aliphatic heterocycles. The van der Waals surface area contributed by atoms with Gasteiger partial charge in [0.05, 0.1) is 10.0 Å². The molecule has 1 aromatic carbocycles. The molecule has 1 heterocycles. The highest BCUT2D eigenvalue weighted by Gasteiger charge is 2.42. The topological polar surface area (TPSA) is 49.8 Å². The molecule has 2 rings (SSSR count). The molecule has 0 unspecified atom stereocenters. The molecule has 1 atom stereocenters. The quantitative estimate of drug-likeness (QED) is 0.877. The van der Waals surface area contributed by atoms with E-state index in [1.165, 1.54) is 0 Å². The Kier molecular flexibility index (Phi) is 5.49. The number of rotatable bonds is 3. The van der Waals surface area contributed by atoms with Gasteiger partial charge < -0.3 is 14.7 Å². The monoisotopic (exact) mass is 359 g/mol. The molecule has 0 aliphatic carbocycles. The van der Waals surface area contributed by atoms with Gasteiger partial charge in [-0.3, -0.25) is 0 Å². The molecule has 1 saturated heterocycles. The van der Waals surface area contributed by atoms with E-state index >= 15 is 0 Å². The lowest BCUT2D eigenvalue weighted by Gasteiger charge is -2.30. The predicted octanol–water partition coefficient (Wildman–Crippen LogP) is 4.25. The van der Waals surface area contributed by atoms with Crippen LogP contribution in [0.1, 0.15) is 39.2 Å². The molecular formula is C17H23Cl2NO3. The maximum absolute atomic E-state index is 12.3. The van der Waals surface area contributed by atoms with Crippen molar-refractivity contribution in [1.29, 1.82) is 0 Å². The summed E-state index contributed by atoms with van der Waals surface area (Å²) in [6.45, 7) is 6.68. The fourth-order valence-electron chi connectivity index (χ4n) is 2.98.